The molecule has 2 heteroatoms. The first-order valence-corrected chi connectivity index (χ1v) is 6.33. The average molecular weight is 243 g/mol. The molecular weight excluding hydrogens is 222 g/mol. The van der Waals surface area contributed by atoms with Gasteiger partial charge in [-0.1, -0.05) is 17.7 Å². The second-order valence-corrected chi connectivity index (χ2v) is 5.00. The maximum Gasteiger partial charge on any atom is 0.128 e. The van der Waals surface area contributed by atoms with Crippen LogP contribution in [0, 0.1) is 27.7 Å². The molecule has 96 valence electrons. The fourth-order valence-electron chi connectivity index (χ4n) is 2.73. The molecule has 1 unspecified atom stereocenters. The molecule has 1 atom stereocenters. The van der Waals surface area contributed by atoms with E-state index in [1.165, 1.54) is 27.8 Å². The molecule has 2 aromatic rings. The molecule has 0 spiro atoms. The van der Waals surface area contributed by atoms with Gasteiger partial charge in [0.2, 0.25) is 0 Å². The van der Waals surface area contributed by atoms with Gasteiger partial charge >= 0.3 is 0 Å². The Morgan fingerprint density at radius 3 is 2.06 bits per heavy atom. The van der Waals surface area contributed by atoms with Gasteiger partial charge in [0.15, 0.2) is 0 Å². The van der Waals surface area contributed by atoms with Gasteiger partial charge in [0.1, 0.15) is 5.76 Å². The Balaban J connectivity index is 2.56. The van der Waals surface area contributed by atoms with Crippen LogP contribution in [-0.2, 0) is 0 Å². The van der Waals surface area contributed by atoms with Crippen LogP contribution in [-0.4, -0.2) is 7.05 Å². The lowest BCUT2D eigenvalue weighted by molar-refractivity contribution is 0.458. The summed E-state index contributed by atoms with van der Waals surface area (Å²) in [6, 6.07) is 6.59. The highest BCUT2D eigenvalue weighted by Gasteiger charge is 2.21. The number of benzene rings is 1. The molecule has 0 saturated heterocycles. The van der Waals surface area contributed by atoms with Gasteiger partial charge in [-0.15, -0.1) is 0 Å². The van der Waals surface area contributed by atoms with Gasteiger partial charge in [-0.05, 0) is 63.1 Å². The standard InChI is InChI=1S/C16H21NO/c1-10-8-12(3)14(13(4)9-10)15(17-5)16-11(2)6-7-18-16/h6-9,15,17H,1-5H3. The molecule has 0 aliphatic carbocycles. The molecule has 2 nitrogen and oxygen atoms in total. The fraction of sp³-hybridized carbons (Fsp3) is 0.375. The number of hydrogen-bond donors (Lipinski definition) is 1. The first kappa shape index (κ1) is 12.9. The van der Waals surface area contributed by atoms with E-state index in [2.05, 4.69) is 45.1 Å². The molecule has 0 saturated carbocycles. The Morgan fingerprint density at radius 1 is 1.00 bits per heavy atom. The van der Waals surface area contributed by atoms with Crippen molar-refractivity contribution < 1.29 is 4.42 Å². The van der Waals surface area contributed by atoms with E-state index in [4.69, 9.17) is 4.42 Å². The number of aryl methyl sites for hydroxylation is 4. The molecule has 0 bridgehead atoms. The van der Waals surface area contributed by atoms with E-state index in [1.54, 1.807) is 6.26 Å². The van der Waals surface area contributed by atoms with Crippen molar-refractivity contribution in [3.8, 4) is 0 Å². The zero-order valence-corrected chi connectivity index (χ0v) is 11.8. The van der Waals surface area contributed by atoms with Crippen molar-refractivity contribution in [1.82, 2.24) is 5.32 Å². The molecule has 1 aromatic heterocycles. The lowest BCUT2D eigenvalue weighted by Crippen LogP contribution is -2.20. The zero-order valence-electron chi connectivity index (χ0n) is 11.8. The molecule has 0 radical (unpaired) electrons. The highest BCUT2D eigenvalue weighted by molar-refractivity contribution is 5.43. The smallest absolute Gasteiger partial charge is 0.128 e. The number of nitrogens with one attached hydrogen (secondary N) is 1. The minimum atomic E-state index is 0.126. The lowest BCUT2D eigenvalue weighted by atomic mass is 9.92. The summed E-state index contributed by atoms with van der Waals surface area (Å²) in [6.07, 6.45) is 1.76. The van der Waals surface area contributed by atoms with Gasteiger partial charge in [0, 0.05) is 0 Å². The van der Waals surface area contributed by atoms with Crippen LogP contribution in [0.3, 0.4) is 0 Å². The van der Waals surface area contributed by atoms with E-state index < -0.39 is 0 Å². The first-order chi connectivity index (χ1) is 8.54. The molecule has 18 heavy (non-hydrogen) atoms. The summed E-state index contributed by atoms with van der Waals surface area (Å²) in [5.41, 5.74) is 6.43. The SMILES string of the molecule is CNC(c1occc1C)c1c(C)cc(C)cc1C. The van der Waals surface area contributed by atoms with Crippen molar-refractivity contribution in [2.24, 2.45) is 0 Å². The topological polar surface area (TPSA) is 25.2 Å². The highest BCUT2D eigenvalue weighted by atomic mass is 16.3. The molecule has 0 fully saturated rings. The summed E-state index contributed by atoms with van der Waals surface area (Å²) in [5.74, 6) is 1.01. The molecule has 1 heterocycles. The summed E-state index contributed by atoms with van der Waals surface area (Å²) < 4.78 is 5.65. The van der Waals surface area contributed by atoms with Crippen LogP contribution in [0.25, 0.3) is 0 Å². The maximum absolute atomic E-state index is 5.65. The van der Waals surface area contributed by atoms with Crippen LogP contribution in [0.5, 0.6) is 0 Å². The van der Waals surface area contributed by atoms with Crippen LogP contribution < -0.4 is 5.32 Å². The molecule has 0 amide bonds. The Hall–Kier alpha value is -1.54. The van der Waals surface area contributed by atoms with E-state index in [0.29, 0.717) is 0 Å². The van der Waals surface area contributed by atoms with E-state index in [-0.39, 0.29) is 6.04 Å². The Bertz CT molecular complexity index is 531. The van der Waals surface area contributed by atoms with E-state index in [9.17, 15) is 0 Å². The third kappa shape index (κ3) is 2.21. The van der Waals surface area contributed by atoms with Crippen molar-refractivity contribution in [2.75, 3.05) is 7.05 Å². The van der Waals surface area contributed by atoms with Gasteiger partial charge < -0.3 is 9.73 Å². The average Bonchev–Trinajstić information content (AvgIpc) is 2.69. The zero-order chi connectivity index (χ0) is 13.3. The number of furan rings is 1. The van der Waals surface area contributed by atoms with Crippen LogP contribution in [0.2, 0.25) is 0 Å². The predicted octanol–water partition coefficient (Wildman–Crippen LogP) is 3.82. The summed E-state index contributed by atoms with van der Waals surface area (Å²) in [5, 5.41) is 3.37. The van der Waals surface area contributed by atoms with Gasteiger partial charge in [-0.3, -0.25) is 0 Å². The fourth-order valence-corrected chi connectivity index (χ4v) is 2.73. The molecule has 0 aliphatic rings. The van der Waals surface area contributed by atoms with Crippen molar-refractivity contribution >= 4 is 0 Å². The maximum atomic E-state index is 5.65. The van der Waals surface area contributed by atoms with Crippen LogP contribution in [0.15, 0.2) is 28.9 Å². The summed E-state index contributed by atoms with van der Waals surface area (Å²) >= 11 is 0. The van der Waals surface area contributed by atoms with Gasteiger partial charge in [-0.25, -0.2) is 0 Å². The minimum Gasteiger partial charge on any atom is -0.467 e. The highest BCUT2D eigenvalue weighted by Crippen LogP contribution is 2.30. The molecule has 1 N–H and O–H groups in total. The first-order valence-electron chi connectivity index (χ1n) is 6.33. The molecule has 2 rings (SSSR count). The summed E-state index contributed by atoms with van der Waals surface area (Å²) in [7, 11) is 1.98. The van der Waals surface area contributed by atoms with E-state index >= 15 is 0 Å². The third-order valence-corrected chi connectivity index (χ3v) is 3.48. The van der Waals surface area contributed by atoms with Crippen molar-refractivity contribution in [2.45, 2.75) is 33.7 Å². The van der Waals surface area contributed by atoms with Crippen molar-refractivity contribution in [3.05, 3.63) is 58.0 Å². The van der Waals surface area contributed by atoms with E-state index in [0.717, 1.165) is 5.76 Å². The quantitative estimate of drug-likeness (QED) is 0.886. The van der Waals surface area contributed by atoms with Crippen LogP contribution in [0.1, 0.15) is 39.6 Å². The second-order valence-electron chi connectivity index (χ2n) is 5.00. The molecule has 0 aliphatic heterocycles. The van der Waals surface area contributed by atoms with Gasteiger partial charge in [-0.2, -0.15) is 0 Å². The van der Waals surface area contributed by atoms with Crippen LogP contribution in [0.4, 0.5) is 0 Å². The summed E-state index contributed by atoms with van der Waals surface area (Å²) in [4.78, 5) is 0. The largest absolute Gasteiger partial charge is 0.467 e. The molecular formula is C16H21NO. The van der Waals surface area contributed by atoms with Crippen molar-refractivity contribution in [3.63, 3.8) is 0 Å². The minimum absolute atomic E-state index is 0.126. The number of hydrogen-bond acceptors (Lipinski definition) is 2. The van der Waals surface area contributed by atoms with Crippen molar-refractivity contribution in [1.29, 1.82) is 0 Å². The molecule has 1 aromatic carbocycles. The predicted molar refractivity (Wildman–Crippen MR) is 75.0 cm³/mol. The Kier molecular flexibility index (Phi) is 3.58. The third-order valence-electron chi connectivity index (χ3n) is 3.48. The Morgan fingerprint density at radius 2 is 1.61 bits per heavy atom. The lowest BCUT2D eigenvalue weighted by Gasteiger charge is -2.21. The monoisotopic (exact) mass is 243 g/mol. The second kappa shape index (κ2) is 4.99. The van der Waals surface area contributed by atoms with Gasteiger partial charge in [0.05, 0.1) is 12.3 Å². The number of rotatable bonds is 3. The van der Waals surface area contributed by atoms with Gasteiger partial charge in [0.25, 0.3) is 0 Å². The van der Waals surface area contributed by atoms with E-state index in [1.807, 2.05) is 13.1 Å². The summed E-state index contributed by atoms with van der Waals surface area (Å²) in [6.45, 7) is 8.55. The van der Waals surface area contributed by atoms with Crippen LogP contribution >= 0.6 is 0 Å². The normalized spacial score (nSPS) is 12.7. The Labute approximate surface area is 109 Å².